The van der Waals surface area contributed by atoms with E-state index >= 15 is 0 Å². The van der Waals surface area contributed by atoms with Crippen molar-refractivity contribution in [1.29, 1.82) is 0 Å². The Bertz CT molecular complexity index is 1140. The number of nitrogens with zero attached hydrogens (tertiary/aromatic N) is 4. The van der Waals surface area contributed by atoms with Gasteiger partial charge >= 0.3 is 12.5 Å². The Balaban J connectivity index is 1.36. The minimum atomic E-state index is -3.15. The number of carbonyl (C=O) groups is 2. The molecule has 0 spiro atoms. The molecule has 1 atom stereocenters. The van der Waals surface area contributed by atoms with Crippen molar-refractivity contribution < 1.29 is 27.5 Å². The normalized spacial score (nSPS) is 15.6. The van der Waals surface area contributed by atoms with Gasteiger partial charge in [0.15, 0.2) is 0 Å². The number of aromatic nitrogens is 4. The van der Waals surface area contributed by atoms with E-state index in [4.69, 9.17) is 4.74 Å². The minimum absolute atomic E-state index is 0.00820. The van der Waals surface area contributed by atoms with Crippen LogP contribution in [0.2, 0.25) is 0 Å². The Kier molecular flexibility index (Phi) is 7.04. The summed E-state index contributed by atoms with van der Waals surface area (Å²) in [6, 6.07) is 7.91. The van der Waals surface area contributed by atoms with Crippen LogP contribution >= 0.6 is 0 Å². The first-order valence-corrected chi connectivity index (χ1v) is 10.5. The van der Waals surface area contributed by atoms with Crippen LogP contribution in [0.4, 0.5) is 23.7 Å². The third kappa shape index (κ3) is 5.50. The molecule has 12 heteroatoms. The zero-order valence-corrected chi connectivity index (χ0v) is 17.9. The number of ether oxygens (including phenoxy) is 1. The molecule has 0 saturated carbocycles. The Morgan fingerprint density at radius 1 is 1.21 bits per heavy atom. The number of halogens is 3. The Labute approximate surface area is 192 Å². The number of carbonyl (C=O) groups excluding carboxylic acids is 2. The molecule has 1 aliphatic rings. The summed E-state index contributed by atoms with van der Waals surface area (Å²) in [5.41, 5.74) is 2.91. The van der Waals surface area contributed by atoms with Crippen LogP contribution in [0.25, 0.3) is 11.1 Å². The van der Waals surface area contributed by atoms with Crippen LogP contribution in [0.5, 0.6) is 0 Å². The van der Waals surface area contributed by atoms with E-state index in [-0.39, 0.29) is 18.8 Å². The summed E-state index contributed by atoms with van der Waals surface area (Å²) >= 11 is 0. The van der Waals surface area contributed by atoms with Crippen molar-refractivity contribution in [2.45, 2.75) is 31.8 Å². The summed E-state index contributed by atoms with van der Waals surface area (Å²) in [7, 11) is 0. The molecular weight excluding hydrogens is 453 g/mol. The standard InChI is InChI=1S/C22H21F3N6O3/c23-19-8-16(31-12-17(34-22(31)33)11-27-21(32)20(24)25)6-7-18(19)13-4-5-14(26-9-13)2-1-3-15-10-28-30-29-15/h4-10,17,20H,1-3,11-12H2,(H,27,32)(H,28,29,30)/t17-/m0/s1. The number of nitrogens with one attached hydrogen (secondary N) is 2. The zero-order valence-electron chi connectivity index (χ0n) is 17.9. The number of alkyl halides is 2. The highest BCUT2D eigenvalue weighted by atomic mass is 19.3. The van der Waals surface area contributed by atoms with Crippen molar-refractivity contribution in [1.82, 2.24) is 25.7 Å². The van der Waals surface area contributed by atoms with E-state index in [2.05, 4.69) is 20.4 Å². The van der Waals surface area contributed by atoms with Crippen LogP contribution < -0.4 is 10.2 Å². The minimum Gasteiger partial charge on any atom is -0.442 e. The van der Waals surface area contributed by atoms with E-state index in [0.29, 0.717) is 11.1 Å². The predicted molar refractivity (Wildman–Crippen MR) is 115 cm³/mol. The van der Waals surface area contributed by atoms with Crippen molar-refractivity contribution in [3.05, 3.63) is 59.9 Å². The fourth-order valence-corrected chi connectivity index (χ4v) is 3.56. The Morgan fingerprint density at radius 2 is 2.03 bits per heavy atom. The lowest BCUT2D eigenvalue weighted by Crippen LogP contribution is -2.37. The highest BCUT2D eigenvalue weighted by Gasteiger charge is 2.33. The molecule has 1 saturated heterocycles. The molecule has 3 heterocycles. The number of aromatic amines is 1. The van der Waals surface area contributed by atoms with Crippen LogP contribution in [-0.4, -0.2) is 58.0 Å². The molecule has 3 aromatic rings. The molecule has 1 aliphatic heterocycles. The van der Waals surface area contributed by atoms with Crippen molar-refractivity contribution in [2.75, 3.05) is 18.0 Å². The maximum Gasteiger partial charge on any atom is 0.414 e. The summed E-state index contributed by atoms with van der Waals surface area (Å²) in [4.78, 5) is 28.7. The highest BCUT2D eigenvalue weighted by molar-refractivity contribution is 5.90. The first-order valence-electron chi connectivity index (χ1n) is 10.5. The van der Waals surface area contributed by atoms with Crippen molar-refractivity contribution in [3.63, 3.8) is 0 Å². The number of rotatable bonds is 9. The van der Waals surface area contributed by atoms with Gasteiger partial charge in [-0.3, -0.25) is 14.7 Å². The number of cyclic esters (lactones) is 1. The van der Waals surface area contributed by atoms with E-state index in [9.17, 15) is 22.8 Å². The lowest BCUT2D eigenvalue weighted by molar-refractivity contribution is -0.132. The Morgan fingerprint density at radius 3 is 2.71 bits per heavy atom. The average molecular weight is 474 g/mol. The van der Waals surface area contributed by atoms with Gasteiger partial charge in [0.2, 0.25) is 0 Å². The SMILES string of the molecule is O=C(NC[C@H]1CN(c2ccc(-c3ccc(CCCc4cn[nH]n4)nc3)c(F)c2)C(=O)O1)C(F)F. The molecule has 0 unspecified atom stereocenters. The van der Waals surface area contributed by atoms with Crippen LogP contribution in [0.1, 0.15) is 17.8 Å². The van der Waals surface area contributed by atoms with Gasteiger partial charge in [-0.1, -0.05) is 6.07 Å². The molecule has 2 aromatic heterocycles. The fourth-order valence-electron chi connectivity index (χ4n) is 3.56. The second-order valence-electron chi connectivity index (χ2n) is 7.68. The Hall–Kier alpha value is -3.96. The molecular formula is C22H21F3N6O3. The molecule has 4 rings (SSSR count). The molecule has 9 nitrogen and oxygen atoms in total. The van der Waals surface area contributed by atoms with E-state index < -0.39 is 30.3 Å². The van der Waals surface area contributed by atoms with Crippen LogP contribution in [-0.2, 0) is 22.4 Å². The van der Waals surface area contributed by atoms with Crippen LogP contribution in [0.15, 0.2) is 42.7 Å². The van der Waals surface area contributed by atoms with Gasteiger partial charge in [0.25, 0.3) is 5.91 Å². The molecule has 34 heavy (non-hydrogen) atoms. The van der Waals surface area contributed by atoms with Gasteiger partial charge < -0.3 is 10.1 Å². The second kappa shape index (κ2) is 10.3. The molecule has 0 radical (unpaired) electrons. The number of aryl methyl sites for hydroxylation is 2. The van der Waals surface area contributed by atoms with Gasteiger partial charge in [-0.25, -0.2) is 9.18 Å². The average Bonchev–Trinajstić information content (AvgIpc) is 3.47. The van der Waals surface area contributed by atoms with Crippen molar-refractivity contribution >= 4 is 17.7 Å². The third-order valence-corrected chi connectivity index (χ3v) is 5.31. The maximum atomic E-state index is 14.9. The lowest BCUT2D eigenvalue weighted by atomic mass is 10.0. The monoisotopic (exact) mass is 474 g/mol. The number of hydrogen-bond donors (Lipinski definition) is 2. The molecule has 1 fully saturated rings. The number of anilines is 1. The first-order chi connectivity index (χ1) is 16.4. The highest BCUT2D eigenvalue weighted by Crippen LogP contribution is 2.29. The molecule has 0 bridgehead atoms. The smallest absolute Gasteiger partial charge is 0.414 e. The molecule has 1 aromatic carbocycles. The summed E-state index contributed by atoms with van der Waals surface area (Å²) in [6.45, 7) is -0.270. The third-order valence-electron chi connectivity index (χ3n) is 5.31. The molecule has 2 amide bonds. The van der Waals surface area contributed by atoms with Gasteiger partial charge in [0, 0.05) is 23.0 Å². The van der Waals surface area contributed by atoms with E-state index in [1.54, 1.807) is 24.5 Å². The second-order valence-corrected chi connectivity index (χ2v) is 7.68. The summed E-state index contributed by atoms with van der Waals surface area (Å²) in [6.07, 6.45) is 0.905. The topological polar surface area (TPSA) is 113 Å². The maximum absolute atomic E-state index is 14.9. The van der Waals surface area contributed by atoms with E-state index in [1.807, 2.05) is 11.4 Å². The van der Waals surface area contributed by atoms with Gasteiger partial charge in [0.05, 0.1) is 30.7 Å². The summed E-state index contributed by atoms with van der Waals surface area (Å²) in [5, 5.41) is 12.3. The van der Waals surface area contributed by atoms with E-state index in [1.165, 1.54) is 17.0 Å². The number of pyridine rings is 1. The fraction of sp³-hybridized carbons (Fsp3) is 0.318. The largest absolute Gasteiger partial charge is 0.442 e. The zero-order chi connectivity index (χ0) is 24.1. The quantitative estimate of drug-likeness (QED) is 0.493. The lowest BCUT2D eigenvalue weighted by Gasteiger charge is -2.14. The van der Waals surface area contributed by atoms with Crippen LogP contribution in [0.3, 0.4) is 0 Å². The van der Waals surface area contributed by atoms with Gasteiger partial charge in [-0.15, -0.1) is 0 Å². The van der Waals surface area contributed by atoms with Gasteiger partial charge in [0.1, 0.15) is 11.9 Å². The van der Waals surface area contributed by atoms with Crippen molar-refractivity contribution in [2.24, 2.45) is 0 Å². The number of hydrogen-bond acceptors (Lipinski definition) is 6. The first kappa shape index (κ1) is 23.2. The summed E-state index contributed by atoms with van der Waals surface area (Å²) in [5.74, 6) is -2.00. The van der Waals surface area contributed by atoms with Gasteiger partial charge in [-0.05, 0) is 43.5 Å². The molecule has 2 N–H and O–H groups in total. The number of benzene rings is 1. The number of amides is 2. The molecule has 178 valence electrons. The van der Waals surface area contributed by atoms with E-state index in [0.717, 1.165) is 30.7 Å². The van der Waals surface area contributed by atoms with Crippen molar-refractivity contribution in [3.8, 4) is 11.1 Å². The molecule has 0 aliphatic carbocycles. The predicted octanol–water partition coefficient (Wildman–Crippen LogP) is 2.89. The van der Waals surface area contributed by atoms with Gasteiger partial charge in [-0.2, -0.15) is 24.2 Å². The number of H-pyrrole nitrogens is 1. The summed E-state index contributed by atoms with van der Waals surface area (Å²) < 4.78 is 44.5. The van der Waals surface area contributed by atoms with Crippen LogP contribution in [0, 0.1) is 5.82 Å².